The van der Waals surface area contributed by atoms with E-state index in [0.29, 0.717) is 6.61 Å². The lowest BCUT2D eigenvalue weighted by Crippen LogP contribution is -2.32. The van der Waals surface area contributed by atoms with Crippen molar-refractivity contribution in [3.05, 3.63) is 0 Å². The Kier molecular flexibility index (Phi) is 15.3. The summed E-state index contributed by atoms with van der Waals surface area (Å²) in [6.07, 6.45) is 16.6. The second-order valence-corrected chi connectivity index (χ2v) is 7.27. The molecule has 24 heavy (non-hydrogen) atoms. The number of carbonyl (C=O) groups excluding carboxylic acids is 1. The van der Waals surface area contributed by atoms with Crippen molar-refractivity contribution in [3.63, 3.8) is 0 Å². The Hall–Kier alpha value is -0.730. The maximum absolute atomic E-state index is 11.8. The molecule has 0 saturated heterocycles. The van der Waals surface area contributed by atoms with E-state index in [1.807, 2.05) is 6.92 Å². The van der Waals surface area contributed by atoms with E-state index in [9.17, 15) is 4.79 Å². The molecule has 0 fully saturated rings. The Morgan fingerprint density at radius 2 is 1.12 bits per heavy atom. The smallest absolute Gasteiger partial charge is 0.435 e. The van der Waals surface area contributed by atoms with Crippen molar-refractivity contribution in [2.75, 3.05) is 6.61 Å². The Labute approximate surface area is 150 Å². The minimum atomic E-state index is -0.503. The predicted octanol–water partition coefficient (Wildman–Crippen LogP) is 7.42. The first-order valence-corrected chi connectivity index (χ1v) is 10.4. The van der Waals surface area contributed by atoms with E-state index in [1.165, 1.54) is 64.2 Å². The molecule has 0 heterocycles. The van der Waals surface area contributed by atoms with Gasteiger partial charge in [0.2, 0.25) is 0 Å². The summed E-state index contributed by atoms with van der Waals surface area (Å²) in [6, 6.07) is 0. The number of ether oxygens (including phenoxy) is 2. The van der Waals surface area contributed by atoms with Crippen molar-refractivity contribution in [1.82, 2.24) is 0 Å². The van der Waals surface area contributed by atoms with Crippen molar-refractivity contribution < 1.29 is 14.3 Å². The van der Waals surface area contributed by atoms with Gasteiger partial charge < -0.3 is 9.47 Å². The van der Waals surface area contributed by atoms with E-state index in [0.717, 1.165) is 25.7 Å². The normalized spacial score (nSPS) is 11.5. The van der Waals surface area contributed by atoms with Crippen LogP contribution in [0, 0.1) is 0 Å². The van der Waals surface area contributed by atoms with Crippen molar-refractivity contribution >= 4 is 6.16 Å². The van der Waals surface area contributed by atoms with Crippen molar-refractivity contribution in [3.8, 4) is 0 Å². The molecule has 0 bridgehead atoms. The molecule has 0 aliphatic carbocycles. The molecule has 0 saturated carbocycles. The highest BCUT2D eigenvalue weighted by molar-refractivity contribution is 5.60. The molecule has 0 aliphatic heterocycles. The van der Waals surface area contributed by atoms with E-state index < -0.39 is 6.16 Å². The largest absolute Gasteiger partial charge is 0.508 e. The van der Waals surface area contributed by atoms with Gasteiger partial charge in [0, 0.05) is 0 Å². The van der Waals surface area contributed by atoms with Gasteiger partial charge in [0.1, 0.15) is 5.60 Å². The molecule has 0 atom stereocenters. The van der Waals surface area contributed by atoms with Gasteiger partial charge in [-0.2, -0.15) is 0 Å². The topological polar surface area (TPSA) is 35.5 Å². The highest BCUT2D eigenvalue weighted by Crippen LogP contribution is 2.27. The number of rotatable bonds is 16. The molecular weight excluding hydrogens is 300 g/mol. The second kappa shape index (κ2) is 15.8. The first-order chi connectivity index (χ1) is 11.6. The van der Waals surface area contributed by atoms with Gasteiger partial charge in [-0.05, 0) is 39.5 Å². The molecule has 0 N–H and O–H groups in total. The van der Waals surface area contributed by atoms with Gasteiger partial charge in [-0.25, -0.2) is 4.79 Å². The average molecular weight is 343 g/mol. The van der Waals surface area contributed by atoms with Crippen LogP contribution in [0.3, 0.4) is 0 Å². The van der Waals surface area contributed by atoms with Crippen molar-refractivity contribution in [2.45, 2.75) is 123 Å². The summed E-state index contributed by atoms with van der Waals surface area (Å²) in [5, 5.41) is 0. The molecule has 144 valence electrons. The molecule has 0 aromatic rings. The third-order valence-corrected chi connectivity index (χ3v) is 4.71. The van der Waals surface area contributed by atoms with Gasteiger partial charge >= 0.3 is 6.16 Å². The maximum Gasteiger partial charge on any atom is 0.508 e. The third kappa shape index (κ3) is 13.7. The minimum Gasteiger partial charge on any atom is -0.435 e. The van der Waals surface area contributed by atoms with Crippen LogP contribution in [0.25, 0.3) is 0 Å². The van der Waals surface area contributed by atoms with Crippen LogP contribution in [0.4, 0.5) is 4.79 Å². The van der Waals surface area contributed by atoms with E-state index in [4.69, 9.17) is 9.47 Å². The van der Waals surface area contributed by atoms with E-state index in [2.05, 4.69) is 20.8 Å². The van der Waals surface area contributed by atoms with Gasteiger partial charge in [0.05, 0.1) is 6.61 Å². The average Bonchev–Trinajstić information content (AvgIpc) is 2.54. The number of carbonyl (C=O) groups is 1. The van der Waals surface area contributed by atoms with Gasteiger partial charge in [-0.3, -0.25) is 0 Å². The molecule has 0 spiro atoms. The number of unbranched alkanes of at least 4 members (excludes halogenated alkanes) is 10. The molecule has 0 amide bonds. The summed E-state index contributed by atoms with van der Waals surface area (Å²) in [4.78, 5) is 11.8. The SMILES string of the molecule is CCCCCCCCC(C)(CCCCCCCC)OC(=O)OCC. The lowest BCUT2D eigenvalue weighted by atomic mass is 9.91. The summed E-state index contributed by atoms with van der Waals surface area (Å²) in [5.74, 6) is 0. The first-order valence-electron chi connectivity index (χ1n) is 10.4. The number of hydrogen-bond acceptors (Lipinski definition) is 3. The van der Waals surface area contributed by atoms with Crippen LogP contribution in [0.2, 0.25) is 0 Å². The quantitative estimate of drug-likeness (QED) is 0.216. The van der Waals surface area contributed by atoms with Crippen molar-refractivity contribution in [2.24, 2.45) is 0 Å². The Morgan fingerprint density at radius 3 is 1.54 bits per heavy atom. The van der Waals surface area contributed by atoms with E-state index in [1.54, 1.807) is 0 Å². The fourth-order valence-corrected chi connectivity index (χ4v) is 3.13. The molecule has 0 aromatic heterocycles. The summed E-state index contributed by atoms with van der Waals surface area (Å²) in [5.41, 5.74) is -0.359. The Bertz CT molecular complexity index is 273. The van der Waals surface area contributed by atoms with Crippen LogP contribution in [0.1, 0.15) is 118 Å². The standard InChI is InChI=1S/C21H42O3/c1-5-8-10-12-14-16-18-21(4,24-20(22)23-7-3)19-17-15-13-11-9-6-2/h5-19H2,1-4H3. The maximum atomic E-state index is 11.8. The number of hydrogen-bond donors (Lipinski definition) is 0. The molecule has 0 aromatic carbocycles. The van der Waals surface area contributed by atoms with E-state index >= 15 is 0 Å². The fourth-order valence-electron chi connectivity index (χ4n) is 3.13. The molecular formula is C21H42O3. The fraction of sp³-hybridized carbons (Fsp3) is 0.952. The van der Waals surface area contributed by atoms with E-state index in [-0.39, 0.29) is 5.60 Å². The minimum absolute atomic E-state index is 0.359. The Balaban J connectivity index is 4.15. The Morgan fingerprint density at radius 1 is 0.708 bits per heavy atom. The summed E-state index contributed by atoms with van der Waals surface area (Å²) < 4.78 is 10.7. The predicted molar refractivity (Wildman–Crippen MR) is 102 cm³/mol. The van der Waals surface area contributed by atoms with Crippen LogP contribution >= 0.6 is 0 Å². The summed E-state index contributed by atoms with van der Waals surface area (Å²) in [7, 11) is 0. The van der Waals surface area contributed by atoms with Crippen LogP contribution < -0.4 is 0 Å². The van der Waals surface area contributed by atoms with Crippen LogP contribution in [-0.4, -0.2) is 18.4 Å². The lowest BCUT2D eigenvalue weighted by molar-refractivity contribution is -0.0352. The van der Waals surface area contributed by atoms with Gasteiger partial charge in [-0.15, -0.1) is 0 Å². The first kappa shape index (κ1) is 23.3. The third-order valence-electron chi connectivity index (χ3n) is 4.71. The van der Waals surface area contributed by atoms with Crippen molar-refractivity contribution in [1.29, 1.82) is 0 Å². The van der Waals surface area contributed by atoms with Crippen LogP contribution in [-0.2, 0) is 9.47 Å². The zero-order valence-corrected chi connectivity index (χ0v) is 16.8. The molecule has 0 aliphatic rings. The molecule has 0 rings (SSSR count). The highest BCUT2D eigenvalue weighted by atomic mass is 16.7. The summed E-state index contributed by atoms with van der Waals surface area (Å²) in [6.45, 7) is 8.76. The monoisotopic (exact) mass is 342 g/mol. The van der Waals surface area contributed by atoms with Gasteiger partial charge in [-0.1, -0.05) is 78.1 Å². The van der Waals surface area contributed by atoms with Crippen LogP contribution in [0.5, 0.6) is 0 Å². The summed E-state index contributed by atoms with van der Waals surface area (Å²) >= 11 is 0. The zero-order valence-electron chi connectivity index (χ0n) is 16.8. The van der Waals surface area contributed by atoms with Gasteiger partial charge in [0.15, 0.2) is 0 Å². The van der Waals surface area contributed by atoms with Crippen LogP contribution in [0.15, 0.2) is 0 Å². The highest BCUT2D eigenvalue weighted by Gasteiger charge is 2.28. The zero-order chi connectivity index (χ0) is 18.1. The molecule has 3 nitrogen and oxygen atoms in total. The second-order valence-electron chi connectivity index (χ2n) is 7.27. The molecule has 0 unspecified atom stereocenters. The lowest BCUT2D eigenvalue weighted by Gasteiger charge is -2.29. The van der Waals surface area contributed by atoms with Gasteiger partial charge in [0.25, 0.3) is 0 Å². The molecule has 0 radical (unpaired) electrons. The molecule has 3 heteroatoms.